The molecule has 7 heteroatoms. The summed E-state index contributed by atoms with van der Waals surface area (Å²) in [5.74, 6) is 1.17. The van der Waals surface area contributed by atoms with Crippen molar-refractivity contribution in [1.29, 1.82) is 0 Å². The molecule has 1 atom stereocenters. The third-order valence-corrected chi connectivity index (χ3v) is 5.88. The molecule has 3 aromatic carbocycles. The number of ether oxygens (including phenoxy) is 1. The molecule has 0 saturated carbocycles. The van der Waals surface area contributed by atoms with Crippen LogP contribution in [-0.4, -0.2) is 43.8 Å². The number of thioether (sulfide) groups is 1. The van der Waals surface area contributed by atoms with E-state index in [1.165, 1.54) is 17.3 Å². The maximum Gasteiger partial charge on any atom is 0.214 e. The van der Waals surface area contributed by atoms with Gasteiger partial charge in [0.2, 0.25) is 5.16 Å². The van der Waals surface area contributed by atoms with E-state index in [1.807, 2.05) is 55.5 Å². The molecule has 148 valence electrons. The molecule has 0 fully saturated rings. The SMILES string of the molecule is Cc1cccc(-n2nnnc2SCC(O)COc2ccc3ccccc3c2)c1C. The highest BCUT2D eigenvalue weighted by Crippen LogP contribution is 2.24. The van der Waals surface area contributed by atoms with Crippen LogP contribution in [0.2, 0.25) is 0 Å². The molecule has 4 rings (SSSR count). The Hall–Kier alpha value is -2.90. The van der Waals surface area contributed by atoms with Gasteiger partial charge in [0, 0.05) is 5.75 Å². The lowest BCUT2D eigenvalue weighted by molar-refractivity contribution is 0.126. The van der Waals surface area contributed by atoms with Crippen molar-refractivity contribution in [3.05, 3.63) is 71.8 Å². The van der Waals surface area contributed by atoms with Gasteiger partial charge in [-0.15, -0.1) is 5.10 Å². The van der Waals surface area contributed by atoms with Crippen molar-refractivity contribution in [2.24, 2.45) is 0 Å². The molecule has 1 N–H and O–H groups in total. The van der Waals surface area contributed by atoms with Gasteiger partial charge in [0.05, 0.1) is 11.8 Å². The summed E-state index contributed by atoms with van der Waals surface area (Å²) < 4.78 is 7.49. The summed E-state index contributed by atoms with van der Waals surface area (Å²) in [4.78, 5) is 0. The molecule has 4 aromatic rings. The molecule has 1 aromatic heterocycles. The maximum atomic E-state index is 10.4. The molecule has 0 aliphatic rings. The first kappa shape index (κ1) is 19.4. The zero-order chi connectivity index (χ0) is 20.2. The van der Waals surface area contributed by atoms with Crippen LogP contribution in [0.1, 0.15) is 11.1 Å². The highest BCUT2D eigenvalue weighted by molar-refractivity contribution is 7.99. The number of tetrazole rings is 1. The maximum absolute atomic E-state index is 10.4. The number of hydrogen-bond acceptors (Lipinski definition) is 6. The highest BCUT2D eigenvalue weighted by atomic mass is 32.2. The van der Waals surface area contributed by atoms with E-state index in [4.69, 9.17) is 4.74 Å². The van der Waals surface area contributed by atoms with Crippen LogP contribution in [0.4, 0.5) is 0 Å². The number of aryl methyl sites for hydroxylation is 1. The molecule has 0 aliphatic carbocycles. The second-order valence-corrected chi connectivity index (χ2v) is 7.86. The van der Waals surface area contributed by atoms with E-state index >= 15 is 0 Å². The number of aliphatic hydroxyl groups is 1. The Labute approximate surface area is 173 Å². The largest absolute Gasteiger partial charge is 0.491 e. The van der Waals surface area contributed by atoms with E-state index in [-0.39, 0.29) is 6.61 Å². The van der Waals surface area contributed by atoms with Crippen LogP contribution in [-0.2, 0) is 0 Å². The summed E-state index contributed by atoms with van der Waals surface area (Å²) >= 11 is 1.41. The van der Waals surface area contributed by atoms with Crippen LogP contribution in [0.5, 0.6) is 5.75 Å². The molecule has 0 saturated heterocycles. The molecule has 0 bridgehead atoms. The lowest BCUT2D eigenvalue weighted by atomic mass is 10.1. The van der Waals surface area contributed by atoms with Gasteiger partial charge < -0.3 is 9.84 Å². The lowest BCUT2D eigenvalue weighted by Gasteiger charge is -2.13. The first-order valence-electron chi connectivity index (χ1n) is 9.39. The van der Waals surface area contributed by atoms with Crippen LogP contribution in [0, 0.1) is 13.8 Å². The fourth-order valence-electron chi connectivity index (χ4n) is 3.05. The van der Waals surface area contributed by atoms with Crippen molar-refractivity contribution in [2.75, 3.05) is 12.4 Å². The minimum absolute atomic E-state index is 0.205. The Morgan fingerprint density at radius 3 is 2.72 bits per heavy atom. The van der Waals surface area contributed by atoms with E-state index < -0.39 is 6.10 Å². The zero-order valence-corrected chi connectivity index (χ0v) is 17.1. The van der Waals surface area contributed by atoms with Crippen LogP contribution in [0.3, 0.4) is 0 Å². The van der Waals surface area contributed by atoms with Crippen LogP contribution >= 0.6 is 11.8 Å². The first-order chi connectivity index (χ1) is 14.1. The normalized spacial score (nSPS) is 12.2. The van der Waals surface area contributed by atoms with E-state index in [2.05, 4.69) is 34.6 Å². The van der Waals surface area contributed by atoms with Gasteiger partial charge in [-0.2, -0.15) is 4.68 Å². The first-order valence-corrected chi connectivity index (χ1v) is 10.4. The van der Waals surface area contributed by atoms with Gasteiger partial charge in [-0.1, -0.05) is 54.2 Å². The fraction of sp³-hybridized carbons (Fsp3) is 0.227. The van der Waals surface area contributed by atoms with Gasteiger partial charge in [-0.3, -0.25) is 0 Å². The van der Waals surface area contributed by atoms with Gasteiger partial charge in [0.25, 0.3) is 0 Å². The summed E-state index contributed by atoms with van der Waals surface area (Å²) in [5.41, 5.74) is 3.25. The van der Waals surface area contributed by atoms with Gasteiger partial charge >= 0.3 is 0 Å². The summed E-state index contributed by atoms with van der Waals surface area (Å²) in [6.07, 6.45) is -0.643. The number of hydrogen-bond donors (Lipinski definition) is 1. The number of nitrogens with zero attached hydrogens (tertiary/aromatic N) is 4. The van der Waals surface area contributed by atoms with Crippen molar-refractivity contribution in [2.45, 2.75) is 25.1 Å². The average Bonchev–Trinajstić information content (AvgIpc) is 3.21. The van der Waals surface area contributed by atoms with E-state index in [9.17, 15) is 5.11 Å². The Morgan fingerprint density at radius 1 is 1.03 bits per heavy atom. The third-order valence-electron chi connectivity index (χ3n) is 4.81. The second kappa shape index (κ2) is 8.63. The Balaban J connectivity index is 1.37. The van der Waals surface area contributed by atoms with Crippen LogP contribution in [0.15, 0.2) is 65.8 Å². The third kappa shape index (κ3) is 4.41. The van der Waals surface area contributed by atoms with Crippen LogP contribution < -0.4 is 4.74 Å². The quantitative estimate of drug-likeness (QED) is 0.468. The van der Waals surface area contributed by atoms with Gasteiger partial charge in [0.1, 0.15) is 12.4 Å². The van der Waals surface area contributed by atoms with Crippen molar-refractivity contribution >= 4 is 22.5 Å². The predicted molar refractivity (Wildman–Crippen MR) is 115 cm³/mol. The van der Waals surface area contributed by atoms with Crippen molar-refractivity contribution < 1.29 is 9.84 Å². The lowest BCUT2D eigenvalue weighted by Crippen LogP contribution is -2.20. The number of aromatic nitrogens is 4. The zero-order valence-electron chi connectivity index (χ0n) is 16.3. The summed E-state index contributed by atoms with van der Waals surface area (Å²) in [6.45, 7) is 4.31. The van der Waals surface area contributed by atoms with Crippen molar-refractivity contribution in [1.82, 2.24) is 20.2 Å². The number of rotatable bonds is 7. The second-order valence-electron chi connectivity index (χ2n) is 6.88. The van der Waals surface area contributed by atoms with Crippen molar-refractivity contribution in [3.8, 4) is 11.4 Å². The predicted octanol–water partition coefficient (Wildman–Crippen LogP) is 3.96. The Bertz CT molecular complexity index is 1130. The van der Waals surface area contributed by atoms with Gasteiger partial charge in [0.15, 0.2) is 0 Å². The minimum atomic E-state index is -0.643. The molecule has 29 heavy (non-hydrogen) atoms. The summed E-state index contributed by atoms with van der Waals surface area (Å²) in [6, 6.07) is 20.1. The number of fused-ring (bicyclic) bond motifs is 1. The molecule has 1 heterocycles. The van der Waals surface area contributed by atoms with E-state index in [1.54, 1.807) is 4.68 Å². The smallest absolute Gasteiger partial charge is 0.214 e. The molecular formula is C22H22N4O2S. The molecule has 6 nitrogen and oxygen atoms in total. The number of aliphatic hydroxyl groups excluding tert-OH is 1. The minimum Gasteiger partial charge on any atom is -0.491 e. The van der Waals surface area contributed by atoms with Crippen LogP contribution in [0.25, 0.3) is 16.5 Å². The van der Waals surface area contributed by atoms with Gasteiger partial charge in [-0.05, 0) is 64.4 Å². The van der Waals surface area contributed by atoms with E-state index in [0.717, 1.165) is 27.8 Å². The van der Waals surface area contributed by atoms with E-state index in [0.29, 0.717) is 10.9 Å². The number of benzene rings is 3. The molecule has 0 radical (unpaired) electrons. The molecular weight excluding hydrogens is 384 g/mol. The summed E-state index contributed by atoms with van der Waals surface area (Å²) in [7, 11) is 0. The average molecular weight is 407 g/mol. The fourth-order valence-corrected chi connectivity index (χ4v) is 3.84. The Kier molecular flexibility index (Phi) is 5.78. The van der Waals surface area contributed by atoms with Crippen molar-refractivity contribution in [3.63, 3.8) is 0 Å². The Morgan fingerprint density at radius 2 is 1.86 bits per heavy atom. The molecule has 0 amide bonds. The molecule has 1 unspecified atom stereocenters. The monoisotopic (exact) mass is 406 g/mol. The molecule has 0 aliphatic heterocycles. The highest BCUT2D eigenvalue weighted by Gasteiger charge is 2.14. The summed E-state index contributed by atoms with van der Waals surface area (Å²) in [5, 5.41) is 25.3. The van der Waals surface area contributed by atoms with Gasteiger partial charge in [-0.25, -0.2) is 0 Å². The topological polar surface area (TPSA) is 73.1 Å². The molecule has 0 spiro atoms. The standard InChI is InChI=1S/C22H22N4O2S/c1-15-6-5-9-21(16(15)2)26-22(23-24-25-26)29-14-19(27)13-28-20-11-10-17-7-3-4-8-18(17)12-20/h3-12,19,27H,13-14H2,1-2H3.